The lowest BCUT2D eigenvalue weighted by Gasteiger charge is -2.34. The van der Waals surface area contributed by atoms with Crippen LogP contribution in [0.3, 0.4) is 0 Å². The number of amides is 2. The van der Waals surface area contributed by atoms with Crippen LogP contribution in [0.2, 0.25) is 0 Å². The summed E-state index contributed by atoms with van der Waals surface area (Å²) in [6.45, 7) is 1.03. The van der Waals surface area contributed by atoms with Crippen LogP contribution in [-0.2, 0) is 4.79 Å². The summed E-state index contributed by atoms with van der Waals surface area (Å²) in [5.74, 6) is -1.83. The Morgan fingerprint density at radius 2 is 1.96 bits per heavy atom. The summed E-state index contributed by atoms with van der Waals surface area (Å²) >= 11 is 3.25. The van der Waals surface area contributed by atoms with Crippen molar-refractivity contribution in [3.05, 3.63) is 58.3 Å². The maximum Gasteiger partial charge on any atom is 0.253 e. The van der Waals surface area contributed by atoms with E-state index in [9.17, 15) is 14.0 Å². The van der Waals surface area contributed by atoms with Crippen LogP contribution >= 0.6 is 15.9 Å². The molecule has 2 aromatic carbocycles. The smallest absolute Gasteiger partial charge is 0.253 e. The van der Waals surface area contributed by atoms with Gasteiger partial charge in [0.2, 0.25) is 5.91 Å². The molecule has 1 fully saturated rings. The Morgan fingerprint density at radius 3 is 2.65 bits per heavy atom. The minimum absolute atomic E-state index is 0.0861. The average molecular weight is 420 g/mol. The van der Waals surface area contributed by atoms with Gasteiger partial charge in [0.05, 0.1) is 17.2 Å². The first-order chi connectivity index (χ1) is 12.5. The molecular formula is C19H19BrFN3O2. The topological polar surface area (TPSA) is 75.4 Å². The van der Waals surface area contributed by atoms with E-state index in [1.54, 1.807) is 6.07 Å². The minimum atomic E-state index is -0.819. The minimum Gasteiger partial charge on any atom is -0.370 e. The van der Waals surface area contributed by atoms with E-state index in [0.29, 0.717) is 23.2 Å². The van der Waals surface area contributed by atoms with Gasteiger partial charge in [0.15, 0.2) is 0 Å². The van der Waals surface area contributed by atoms with E-state index in [1.165, 1.54) is 6.07 Å². The number of piperidine rings is 1. The zero-order valence-corrected chi connectivity index (χ0v) is 15.6. The summed E-state index contributed by atoms with van der Waals surface area (Å²) in [6, 6.07) is 12.1. The van der Waals surface area contributed by atoms with Gasteiger partial charge in [-0.1, -0.05) is 34.1 Å². The molecule has 1 unspecified atom stereocenters. The second-order valence-electron chi connectivity index (χ2n) is 6.29. The number of hydrogen-bond acceptors (Lipinski definition) is 3. The number of nitrogens with two attached hydrogens (primary N) is 1. The van der Waals surface area contributed by atoms with Crippen LogP contribution in [0.15, 0.2) is 46.9 Å². The van der Waals surface area contributed by atoms with Gasteiger partial charge in [-0.2, -0.15) is 0 Å². The van der Waals surface area contributed by atoms with E-state index in [4.69, 9.17) is 5.73 Å². The van der Waals surface area contributed by atoms with Crippen LogP contribution < -0.4 is 16.0 Å². The van der Waals surface area contributed by atoms with Crippen molar-refractivity contribution in [1.82, 2.24) is 0 Å². The summed E-state index contributed by atoms with van der Waals surface area (Å²) in [5.41, 5.74) is 6.38. The number of rotatable bonds is 4. The van der Waals surface area contributed by atoms with Gasteiger partial charge < -0.3 is 16.0 Å². The normalized spacial score (nSPS) is 17.0. The molecule has 1 heterocycles. The molecule has 3 N–H and O–H groups in total. The third-order valence-corrected chi connectivity index (χ3v) is 4.91. The maximum absolute atomic E-state index is 14.2. The molecule has 0 saturated carbocycles. The molecule has 136 valence electrons. The molecule has 0 aromatic heterocycles. The van der Waals surface area contributed by atoms with Crippen molar-refractivity contribution in [3.63, 3.8) is 0 Å². The van der Waals surface area contributed by atoms with Crippen molar-refractivity contribution in [1.29, 1.82) is 0 Å². The van der Waals surface area contributed by atoms with Gasteiger partial charge in [0, 0.05) is 23.2 Å². The number of halogens is 2. The highest BCUT2D eigenvalue weighted by Crippen LogP contribution is 2.31. The zero-order chi connectivity index (χ0) is 18.7. The van der Waals surface area contributed by atoms with E-state index in [2.05, 4.69) is 21.2 Å². The standard InChI is InChI=1S/C19H19BrFN3O2/c20-13-9-15(21)17(18(22)25)16(10-13)24-8-4-5-12(11-24)19(26)23-14-6-2-1-3-7-14/h1-3,6-7,9-10,12H,4-5,8,11H2,(H2,22,25)(H,23,26). The van der Waals surface area contributed by atoms with Crippen molar-refractivity contribution >= 4 is 39.1 Å². The highest BCUT2D eigenvalue weighted by Gasteiger charge is 2.29. The van der Waals surface area contributed by atoms with Crippen LogP contribution in [0.25, 0.3) is 0 Å². The summed E-state index contributed by atoms with van der Waals surface area (Å²) in [4.78, 5) is 26.2. The Bertz CT molecular complexity index is 829. The maximum atomic E-state index is 14.2. The lowest BCUT2D eigenvalue weighted by atomic mass is 9.95. The van der Waals surface area contributed by atoms with E-state index in [1.807, 2.05) is 35.2 Å². The van der Waals surface area contributed by atoms with Gasteiger partial charge in [-0.25, -0.2) is 4.39 Å². The first kappa shape index (κ1) is 18.4. The molecule has 26 heavy (non-hydrogen) atoms. The monoisotopic (exact) mass is 419 g/mol. The van der Waals surface area contributed by atoms with Gasteiger partial charge in [0.1, 0.15) is 5.82 Å². The van der Waals surface area contributed by atoms with Crippen LogP contribution in [0.1, 0.15) is 23.2 Å². The second kappa shape index (κ2) is 7.86. The largest absolute Gasteiger partial charge is 0.370 e. The predicted molar refractivity (Wildman–Crippen MR) is 103 cm³/mol. The molecule has 2 amide bonds. The number of nitrogens with one attached hydrogen (secondary N) is 1. The molecule has 5 nitrogen and oxygen atoms in total. The fraction of sp³-hybridized carbons (Fsp3) is 0.263. The van der Waals surface area contributed by atoms with E-state index < -0.39 is 11.7 Å². The van der Waals surface area contributed by atoms with Crippen molar-refractivity contribution in [2.45, 2.75) is 12.8 Å². The lowest BCUT2D eigenvalue weighted by molar-refractivity contribution is -0.120. The molecule has 0 spiro atoms. The average Bonchev–Trinajstić information content (AvgIpc) is 2.61. The summed E-state index contributed by atoms with van der Waals surface area (Å²) < 4.78 is 14.7. The van der Waals surface area contributed by atoms with Crippen LogP contribution in [0.5, 0.6) is 0 Å². The molecule has 0 aliphatic carbocycles. The molecule has 7 heteroatoms. The number of hydrogen-bond donors (Lipinski definition) is 2. The van der Waals surface area contributed by atoms with E-state index >= 15 is 0 Å². The van der Waals surface area contributed by atoms with Crippen molar-refractivity contribution < 1.29 is 14.0 Å². The van der Waals surface area contributed by atoms with Gasteiger partial charge in [0.25, 0.3) is 5.91 Å². The second-order valence-corrected chi connectivity index (χ2v) is 7.20. The van der Waals surface area contributed by atoms with Gasteiger partial charge >= 0.3 is 0 Å². The summed E-state index contributed by atoms with van der Waals surface area (Å²) in [6.07, 6.45) is 1.50. The number of carbonyl (C=O) groups is 2. The first-order valence-corrected chi connectivity index (χ1v) is 9.14. The number of nitrogens with zero attached hydrogens (tertiary/aromatic N) is 1. The Hall–Kier alpha value is -2.41. The lowest BCUT2D eigenvalue weighted by Crippen LogP contribution is -2.41. The zero-order valence-electron chi connectivity index (χ0n) is 14.0. The molecule has 1 atom stereocenters. The number of benzene rings is 2. The first-order valence-electron chi connectivity index (χ1n) is 8.35. The Balaban J connectivity index is 1.81. The van der Waals surface area contributed by atoms with E-state index in [0.717, 1.165) is 18.5 Å². The number of anilines is 2. The molecular weight excluding hydrogens is 401 g/mol. The highest BCUT2D eigenvalue weighted by molar-refractivity contribution is 9.10. The molecule has 1 aliphatic rings. The fourth-order valence-electron chi connectivity index (χ4n) is 3.23. The van der Waals surface area contributed by atoms with Crippen molar-refractivity contribution in [2.24, 2.45) is 11.7 Å². The van der Waals surface area contributed by atoms with Crippen LogP contribution in [-0.4, -0.2) is 24.9 Å². The van der Waals surface area contributed by atoms with E-state index in [-0.39, 0.29) is 17.4 Å². The number of para-hydroxylation sites is 1. The Morgan fingerprint density at radius 1 is 1.23 bits per heavy atom. The number of primary amides is 1. The fourth-order valence-corrected chi connectivity index (χ4v) is 3.65. The summed E-state index contributed by atoms with van der Waals surface area (Å²) in [5, 5.41) is 2.90. The van der Waals surface area contributed by atoms with Gasteiger partial charge in [-0.15, -0.1) is 0 Å². The van der Waals surface area contributed by atoms with Gasteiger partial charge in [-0.05, 0) is 37.1 Å². The van der Waals surface area contributed by atoms with Gasteiger partial charge in [-0.3, -0.25) is 9.59 Å². The molecule has 1 saturated heterocycles. The SMILES string of the molecule is NC(=O)c1c(F)cc(Br)cc1N1CCCC(C(=O)Nc2ccccc2)C1. The highest BCUT2D eigenvalue weighted by atomic mass is 79.9. The molecule has 0 radical (unpaired) electrons. The number of carbonyl (C=O) groups excluding carboxylic acids is 2. The summed E-state index contributed by atoms with van der Waals surface area (Å²) in [7, 11) is 0. The Kier molecular flexibility index (Phi) is 5.56. The Labute approximate surface area is 159 Å². The van der Waals surface area contributed by atoms with Crippen LogP contribution in [0.4, 0.5) is 15.8 Å². The quantitative estimate of drug-likeness (QED) is 0.795. The molecule has 3 rings (SSSR count). The van der Waals surface area contributed by atoms with Crippen molar-refractivity contribution in [3.8, 4) is 0 Å². The van der Waals surface area contributed by atoms with Crippen molar-refractivity contribution in [2.75, 3.05) is 23.3 Å². The molecule has 0 bridgehead atoms. The third-order valence-electron chi connectivity index (χ3n) is 4.45. The molecule has 2 aromatic rings. The third kappa shape index (κ3) is 4.04. The molecule has 1 aliphatic heterocycles. The predicted octanol–water partition coefficient (Wildman–Crippen LogP) is 3.54. The van der Waals surface area contributed by atoms with Crippen LogP contribution in [0, 0.1) is 11.7 Å².